The summed E-state index contributed by atoms with van der Waals surface area (Å²) in [5, 5.41) is 3.17. The van der Waals surface area contributed by atoms with Crippen molar-refractivity contribution in [1.82, 2.24) is 9.78 Å². The molecule has 0 aliphatic rings. The molecular formula is C14H16N2O4. The van der Waals surface area contributed by atoms with Crippen LogP contribution in [0.15, 0.2) is 33.9 Å². The summed E-state index contributed by atoms with van der Waals surface area (Å²) in [5.74, 6) is -0.382. The Bertz CT molecular complexity index is 730. The lowest BCUT2D eigenvalue weighted by Crippen LogP contribution is -2.30. The topological polar surface area (TPSA) is 81.2 Å². The summed E-state index contributed by atoms with van der Waals surface area (Å²) in [6.07, 6.45) is 0.798. The van der Waals surface area contributed by atoms with E-state index in [1.165, 1.54) is 0 Å². The molecule has 0 saturated heterocycles. The molecule has 0 saturated carbocycles. The second-order valence-electron chi connectivity index (χ2n) is 4.41. The zero-order valence-electron chi connectivity index (χ0n) is 11.2. The number of rotatable bonds is 5. The highest BCUT2D eigenvalue weighted by Crippen LogP contribution is 2.02. The van der Waals surface area contributed by atoms with Gasteiger partial charge < -0.3 is 4.74 Å². The third kappa shape index (κ3) is 2.96. The maximum Gasteiger partial charge on any atom is 0.307 e. The van der Waals surface area contributed by atoms with Crippen LogP contribution in [0, 0.1) is 0 Å². The zero-order valence-corrected chi connectivity index (χ0v) is 11.2. The highest BCUT2D eigenvalue weighted by Gasteiger charge is 2.08. The van der Waals surface area contributed by atoms with Crippen LogP contribution in [-0.2, 0) is 16.1 Å². The summed E-state index contributed by atoms with van der Waals surface area (Å²) in [6, 6.07) is 6.58. The molecule has 1 aromatic heterocycles. The van der Waals surface area contributed by atoms with Crippen molar-refractivity contribution in [2.24, 2.45) is 0 Å². The van der Waals surface area contributed by atoms with Crippen LogP contribution in [0.2, 0.25) is 0 Å². The standard InChI is InChI=1S/C14H16N2O4/c1-2-9-20-12(17)7-8-16-14(19)11-6-4-3-5-10(11)13(18)15-16/h3-6H,2,7-9H2,1H3,(H,15,18). The van der Waals surface area contributed by atoms with Crippen LogP contribution in [0.1, 0.15) is 19.8 Å². The molecule has 0 bridgehead atoms. The van der Waals surface area contributed by atoms with Gasteiger partial charge in [-0.25, -0.2) is 4.68 Å². The Hall–Kier alpha value is -2.37. The van der Waals surface area contributed by atoms with Gasteiger partial charge in [0.05, 0.1) is 30.3 Å². The van der Waals surface area contributed by atoms with Gasteiger partial charge in [-0.1, -0.05) is 19.1 Å². The average Bonchev–Trinajstić information content (AvgIpc) is 2.47. The second kappa shape index (κ2) is 6.18. The Labute approximate surface area is 115 Å². The molecule has 1 aromatic carbocycles. The smallest absolute Gasteiger partial charge is 0.307 e. The van der Waals surface area contributed by atoms with Crippen molar-refractivity contribution >= 4 is 16.7 Å². The number of hydrogen-bond donors (Lipinski definition) is 1. The number of fused-ring (bicyclic) bond motifs is 1. The van der Waals surface area contributed by atoms with E-state index in [2.05, 4.69) is 5.10 Å². The molecular weight excluding hydrogens is 260 g/mol. The lowest BCUT2D eigenvalue weighted by Gasteiger charge is -2.07. The van der Waals surface area contributed by atoms with Crippen molar-refractivity contribution in [2.45, 2.75) is 26.3 Å². The number of nitrogens with zero attached hydrogens (tertiary/aromatic N) is 1. The number of carbonyl (C=O) groups excluding carboxylic acids is 1. The summed E-state index contributed by atoms with van der Waals surface area (Å²) in [4.78, 5) is 35.4. The first-order chi connectivity index (χ1) is 9.63. The van der Waals surface area contributed by atoms with E-state index in [1.54, 1.807) is 24.3 Å². The molecule has 0 atom stereocenters. The van der Waals surface area contributed by atoms with Crippen LogP contribution >= 0.6 is 0 Å². The number of nitrogens with one attached hydrogen (secondary N) is 1. The Morgan fingerprint density at radius 3 is 2.65 bits per heavy atom. The minimum atomic E-state index is -0.382. The zero-order chi connectivity index (χ0) is 14.5. The molecule has 106 valence electrons. The number of carbonyl (C=O) groups is 1. The van der Waals surface area contributed by atoms with Crippen molar-refractivity contribution in [3.8, 4) is 0 Å². The van der Waals surface area contributed by atoms with Crippen molar-refractivity contribution in [2.75, 3.05) is 6.61 Å². The highest BCUT2D eigenvalue weighted by atomic mass is 16.5. The Morgan fingerprint density at radius 1 is 1.25 bits per heavy atom. The van der Waals surface area contributed by atoms with Gasteiger partial charge in [-0.15, -0.1) is 0 Å². The van der Waals surface area contributed by atoms with Gasteiger partial charge >= 0.3 is 5.97 Å². The fraction of sp³-hybridized carbons (Fsp3) is 0.357. The van der Waals surface area contributed by atoms with Crippen LogP contribution in [0.5, 0.6) is 0 Å². The largest absolute Gasteiger partial charge is 0.466 e. The third-order valence-corrected chi connectivity index (χ3v) is 2.89. The molecule has 2 aromatic rings. The van der Waals surface area contributed by atoms with E-state index < -0.39 is 0 Å². The number of aromatic nitrogens is 2. The van der Waals surface area contributed by atoms with Crippen molar-refractivity contribution in [1.29, 1.82) is 0 Å². The Kier molecular flexibility index (Phi) is 4.34. The van der Waals surface area contributed by atoms with Gasteiger partial charge in [0.2, 0.25) is 0 Å². The number of benzene rings is 1. The van der Waals surface area contributed by atoms with Gasteiger partial charge in [0.25, 0.3) is 11.1 Å². The number of ether oxygens (including phenoxy) is 1. The van der Waals surface area contributed by atoms with E-state index >= 15 is 0 Å². The monoisotopic (exact) mass is 276 g/mol. The maximum atomic E-state index is 12.1. The molecule has 6 nitrogen and oxygen atoms in total. The number of aryl methyl sites for hydroxylation is 1. The fourth-order valence-corrected chi connectivity index (χ4v) is 1.90. The van der Waals surface area contributed by atoms with Gasteiger partial charge in [0.15, 0.2) is 0 Å². The minimum absolute atomic E-state index is 0.0498. The van der Waals surface area contributed by atoms with E-state index in [0.717, 1.165) is 11.1 Å². The van der Waals surface area contributed by atoms with Gasteiger partial charge in [-0.05, 0) is 18.6 Å². The molecule has 1 heterocycles. The quantitative estimate of drug-likeness (QED) is 0.827. The fourth-order valence-electron chi connectivity index (χ4n) is 1.90. The molecule has 0 unspecified atom stereocenters. The highest BCUT2D eigenvalue weighted by molar-refractivity contribution is 5.80. The first kappa shape index (κ1) is 14.0. The molecule has 0 aliphatic heterocycles. The van der Waals surface area contributed by atoms with Crippen molar-refractivity contribution in [3.05, 3.63) is 45.0 Å². The van der Waals surface area contributed by atoms with Gasteiger partial charge in [0.1, 0.15) is 0 Å². The first-order valence-corrected chi connectivity index (χ1v) is 6.51. The normalized spacial score (nSPS) is 10.7. The molecule has 0 fully saturated rings. The summed E-state index contributed by atoms with van der Waals surface area (Å²) >= 11 is 0. The molecule has 0 aliphatic carbocycles. The van der Waals surface area contributed by atoms with Crippen LogP contribution in [0.4, 0.5) is 0 Å². The number of hydrogen-bond acceptors (Lipinski definition) is 4. The number of esters is 1. The summed E-state index contributed by atoms with van der Waals surface area (Å²) < 4.78 is 6.07. The molecule has 2 rings (SSSR count). The maximum absolute atomic E-state index is 12.1. The van der Waals surface area contributed by atoms with Crippen LogP contribution in [0.3, 0.4) is 0 Å². The second-order valence-corrected chi connectivity index (χ2v) is 4.41. The third-order valence-electron chi connectivity index (χ3n) is 2.89. The number of aromatic amines is 1. The van der Waals surface area contributed by atoms with Crippen LogP contribution in [0.25, 0.3) is 10.8 Å². The van der Waals surface area contributed by atoms with E-state index in [9.17, 15) is 14.4 Å². The van der Waals surface area contributed by atoms with Gasteiger partial charge in [0, 0.05) is 0 Å². The molecule has 0 spiro atoms. The Balaban J connectivity index is 2.23. The van der Waals surface area contributed by atoms with Crippen LogP contribution in [-0.4, -0.2) is 22.4 Å². The minimum Gasteiger partial charge on any atom is -0.466 e. The average molecular weight is 276 g/mol. The molecule has 20 heavy (non-hydrogen) atoms. The first-order valence-electron chi connectivity index (χ1n) is 6.51. The Morgan fingerprint density at radius 2 is 1.95 bits per heavy atom. The van der Waals surface area contributed by atoms with Crippen molar-refractivity contribution < 1.29 is 9.53 Å². The van der Waals surface area contributed by atoms with E-state index in [4.69, 9.17) is 4.74 Å². The molecule has 6 heteroatoms. The van der Waals surface area contributed by atoms with Crippen LogP contribution < -0.4 is 11.1 Å². The molecule has 0 amide bonds. The summed E-state index contributed by atoms with van der Waals surface area (Å²) in [6.45, 7) is 2.36. The predicted molar refractivity (Wildman–Crippen MR) is 74.7 cm³/mol. The van der Waals surface area contributed by atoms with E-state index in [0.29, 0.717) is 17.4 Å². The van der Waals surface area contributed by atoms with E-state index in [-0.39, 0.29) is 30.1 Å². The van der Waals surface area contributed by atoms with Crippen molar-refractivity contribution in [3.63, 3.8) is 0 Å². The lowest BCUT2D eigenvalue weighted by molar-refractivity contribution is -0.143. The number of H-pyrrole nitrogens is 1. The molecule has 1 N–H and O–H groups in total. The SMILES string of the molecule is CCCOC(=O)CCn1[nH]c(=O)c2ccccc2c1=O. The van der Waals surface area contributed by atoms with Gasteiger partial charge in [-0.3, -0.25) is 19.5 Å². The summed E-state index contributed by atoms with van der Waals surface area (Å²) in [5.41, 5.74) is -0.661. The summed E-state index contributed by atoms with van der Waals surface area (Å²) in [7, 11) is 0. The molecule has 0 radical (unpaired) electrons. The van der Waals surface area contributed by atoms with Gasteiger partial charge in [-0.2, -0.15) is 0 Å². The van der Waals surface area contributed by atoms with E-state index in [1.807, 2.05) is 6.92 Å². The predicted octanol–water partition coefficient (Wildman–Crippen LogP) is 1.03. The lowest BCUT2D eigenvalue weighted by atomic mass is 10.2.